The third-order valence-corrected chi connectivity index (χ3v) is 3.73. The van der Waals surface area contributed by atoms with Crippen LogP contribution in [0.5, 0.6) is 0 Å². The van der Waals surface area contributed by atoms with Crippen molar-refractivity contribution < 1.29 is 4.39 Å². The molecule has 0 spiro atoms. The quantitative estimate of drug-likeness (QED) is 0.668. The summed E-state index contributed by atoms with van der Waals surface area (Å²) in [7, 11) is 0. The first kappa shape index (κ1) is 14.9. The fraction of sp³-hybridized carbons (Fsp3) is 0.267. The number of nitrogens with zero attached hydrogens (tertiary/aromatic N) is 4. The van der Waals surface area contributed by atoms with E-state index >= 15 is 0 Å². The molecule has 5 nitrogen and oxygen atoms in total. The fourth-order valence-corrected chi connectivity index (χ4v) is 2.59. The minimum absolute atomic E-state index is 0.285. The van der Waals surface area contributed by atoms with Crippen molar-refractivity contribution in [2.24, 2.45) is 4.40 Å². The Bertz CT molecular complexity index is 651. The first-order chi connectivity index (χ1) is 10.8. The van der Waals surface area contributed by atoms with Crippen LogP contribution in [-0.2, 0) is 0 Å². The van der Waals surface area contributed by atoms with Crippen LogP contribution in [0.1, 0.15) is 11.1 Å². The molecule has 0 unspecified atom stereocenters. The number of halogens is 1. The van der Waals surface area contributed by atoms with Crippen LogP contribution in [0.3, 0.4) is 0 Å². The highest BCUT2D eigenvalue weighted by molar-refractivity contribution is 7.79. The number of piperazine rings is 1. The van der Waals surface area contributed by atoms with Gasteiger partial charge in [0.25, 0.3) is 0 Å². The highest BCUT2D eigenvalue weighted by Crippen LogP contribution is 2.14. The van der Waals surface area contributed by atoms with E-state index in [0.29, 0.717) is 11.7 Å². The normalized spacial score (nSPS) is 15.9. The summed E-state index contributed by atoms with van der Waals surface area (Å²) < 4.78 is 17.0. The zero-order valence-corrected chi connectivity index (χ0v) is 12.8. The van der Waals surface area contributed by atoms with Gasteiger partial charge in [0, 0.05) is 49.7 Å². The van der Waals surface area contributed by atoms with Crippen LogP contribution in [0, 0.1) is 5.82 Å². The van der Waals surface area contributed by atoms with E-state index in [1.54, 1.807) is 24.5 Å². The van der Waals surface area contributed by atoms with Crippen LogP contribution in [0.25, 0.3) is 0 Å². The number of rotatable bonds is 3. The predicted molar refractivity (Wildman–Crippen MR) is 88.1 cm³/mol. The molecule has 1 saturated heterocycles. The molecular formula is C15H16FN5S. The maximum Gasteiger partial charge on any atom is 0.225 e. The molecule has 0 bridgehead atoms. The van der Waals surface area contributed by atoms with Gasteiger partial charge in [-0.25, -0.2) is 18.8 Å². The Kier molecular flexibility index (Phi) is 4.65. The number of nitrogens with one attached hydrogen (secondary N) is 1. The van der Waals surface area contributed by atoms with Crippen molar-refractivity contribution in [1.82, 2.24) is 15.3 Å². The summed E-state index contributed by atoms with van der Waals surface area (Å²) in [4.78, 5) is 11.0. The molecule has 1 fully saturated rings. The van der Waals surface area contributed by atoms with Gasteiger partial charge in [0.05, 0.1) is 5.71 Å². The summed E-state index contributed by atoms with van der Waals surface area (Å²) in [6, 6.07) is 6.11. The molecule has 0 radical (unpaired) electrons. The molecule has 1 aromatic heterocycles. The number of hydrogen-bond acceptors (Lipinski definition) is 6. The Hall–Kier alpha value is -1.99. The molecule has 0 aliphatic carbocycles. The van der Waals surface area contributed by atoms with Crippen molar-refractivity contribution in [2.75, 3.05) is 31.1 Å². The Morgan fingerprint density at radius 3 is 2.32 bits per heavy atom. The molecule has 1 N–H and O–H groups in total. The zero-order valence-electron chi connectivity index (χ0n) is 11.9. The van der Waals surface area contributed by atoms with Crippen LogP contribution >= 0.6 is 12.8 Å². The smallest absolute Gasteiger partial charge is 0.225 e. The van der Waals surface area contributed by atoms with E-state index in [2.05, 4.69) is 37.4 Å². The summed E-state index contributed by atoms with van der Waals surface area (Å²) >= 11 is 4.01. The minimum Gasteiger partial charge on any atom is -0.338 e. The van der Waals surface area contributed by atoms with Crippen LogP contribution in [0.4, 0.5) is 10.3 Å². The number of benzene rings is 1. The van der Waals surface area contributed by atoms with Gasteiger partial charge in [0.2, 0.25) is 5.95 Å². The highest BCUT2D eigenvalue weighted by atomic mass is 32.1. The lowest BCUT2D eigenvalue weighted by Gasteiger charge is -2.27. The Balaban J connectivity index is 1.82. The third kappa shape index (κ3) is 3.26. The van der Waals surface area contributed by atoms with Gasteiger partial charge in [0.15, 0.2) is 0 Å². The third-order valence-electron chi connectivity index (χ3n) is 3.53. The van der Waals surface area contributed by atoms with Gasteiger partial charge in [-0.1, -0.05) is 0 Å². The number of thiol groups is 1. The minimum atomic E-state index is -0.285. The van der Waals surface area contributed by atoms with Gasteiger partial charge >= 0.3 is 0 Å². The zero-order chi connectivity index (χ0) is 15.4. The molecule has 2 aromatic rings. The van der Waals surface area contributed by atoms with E-state index in [9.17, 15) is 4.39 Å². The molecule has 1 aliphatic rings. The summed E-state index contributed by atoms with van der Waals surface area (Å²) in [6.07, 6.45) is 3.45. The average molecular weight is 317 g/mol. The molecule has 0 atom stereocenters. The fourth-order valence-electron chi connectivity index (χ4n) is 2.36. The molecule has 2 heterocycles. The Labute approximate surface area is 133 Å². The van der Waals surface area contributed by atoms with Crippen molar-refractivity contribution >= 4 is 24.5 Å². The number of aromatic nitrogens is 2. The van der Waals surface area contributed by atoms with Crippen molar-refractivity contribution in [2.45, 2.75) is 0 Å². The summed E-state index contributed by atoms with van der Waals surface area (Å²) in [5.74, 6) is 0.426. The van der Waals surface area contributed by atoms with Crippen LogP contribution < -0.4 is 10.2 Å². The van der Waals surface area contributed by atoms with Gasteiger partial charge in [-0.05, 0) is 37.1 Å². The van der Waals surface area contributed by atoms with Crippen molar-refractivity contribution in [3.05, 3.63) is 53.6 Å². The second-order valence-corrected chi connectivity index (χ2v) is 5.16. The van der Waals surface area contributed by atoms with Gasteiger partial charge < -0.3 is 10.2 Å². The standard InChI is InChI=1S/C15H16FN5S/c16-13-3-1-11(2-4-13)14(20-22)12-9-18-15(19-10-12)21-7-5-17-6-8-21/h1-4,9-10,17,22H,5-8H2/b20-14-. The monoisotopic (exact) mass is 317 g/mol. The van der Waals surface area contributed by atoms with Gasteiger partial charge in [-0.3, -0.25) is 0 Å². The lowest BCUT2D eigenvalue weighted by atomic mass is 10.1. The van der Waals surface area contributed by atoms with Gasteiger partial charge in [-0.15, -0.1) is 0 Å². The summed E-state index contributed by atoms with van der Waals surface area (Å²) in [5.41, 5.74) is 2.14. The second-order valence-electron chi connectivity index (χ2n) is 4.96. The molecule has 0 amide bonds. The maximum absolute atomic E-state index is 13.0. The molecule has 114 valence electrons. The van der Waals surface area contributed by atoms with E-state index in [4.69, 9.17) is 0 Å². The number of anilines is 1. The summed E-state index contributed by atoms with van der Waals surface area (Å²) in [6.45, 7) is 3.66. The Morgan fingerprint density at radius 1 is 1.09 bits per heavy atom. The van der Waals surface area contributed by atoms with E-state index < -0.39 is 0 Å². The SMILES string of the molecule is Fc1ccc(/C(=N/S)c2cnc(N3CCNCC3)nc2)cc1. The molecule has 1 aliphatic heterocycles. The van der Waals surface area contributed by atoms with Crippen LogP contribution in [-0.4, -0.2) is 41.9 Å². The molecule has 3 rings (SSSR count). The van der Waals surface area contributed by atoms with Gasteiger partial charge in [-0.2, -0.15) is 0 Å². The van der Waals surface area contributed by atoms with Crippen molar-refractivity contribution in [1.29, 1.82) is 0 Å². The van der Waals surface area contributed by atoms with Gasteiger partial charge in [0.1, 0.15) is 5.82 Å². The highest BCUT2D eigenvalue weighted by Gasteiger charge is 2.14. The molecule has 1 aromatic carbocycles. The van der Waals surface area contributed by atoms with Crippen molar-refractivity contribution in [3.8, 4) is 0 Å². The van der Waals surface area contributed by atoms with E-state index in [-0.39, 0.29) is 5.82 Å². The second kappa shape index (κ2) is 6.85. The van der Waals surface area contributed by atoms with Crippen LogP contribution in [0.2, 0.25) is 0 Å². The lowest BCUT2D eigenvalue weighted by Crippen LogP contribution is -2.44. The first-order valence-corrected chi connectivity index (χ1v) is 7.44. The molecule has 7 heteroatoms. The van der Waals surface area contributed by atoms with E-state index in [1.165, 1.54) is 12.1 Å². The van der Waals surface area contributed by atoms with E-state index in [1.807, 2.05) is 0 Å². The van der Waals surface area contributed by atoms with E-state index in [0.717, 1.165) is 37.3 Å². The Morgan fingerprint density at radius 2 is 1.73 bits per heavy atom. The summed E-state index contributed by atoms with van der Waals surface area (Å²) in [5, 5.41) is 3.29. The number of hydrogen-bond donors (Lipinski definition) is 2. The molecule has 0 saturated carbocycles. The lowest BCUT2D eigenvalue weighted by molar-refractivity contribution is 0.580. The van der Waals surface area contributed by atoms with Crippen LogP contribution in [0.15, 0.2) is 41.1 Å². The largest absolute Gasteiger partial charge is 0.338 e. The topological polar surface area (TPSA) is 53.4 Å². The molecular weight excluding hydrogens is 301 g/mol. The predicted octanol–water partition coefficient (Wildman–Crippen LogP) is 1.71. The maximum atomic E-state index is 13.0. The van der Waals surface area contributed by atoms with Crippen molar-refractivity contribution in [3.63, 3.8) is 0 Å². The molecule has 22 heavy (non-hydrogen) atoms. The average Bonchev–Trinajstić information content (AvgIpc) is 2.59. The first-order valence-electron chi connectivity index (χ1n) is 7.04.